The van der Waals surface area contributed by atoms with Crippen molar-refractivity contribution in [2.45, 2.75) is 45.8 Å². The molecule has 3 rings (SSSR count). The predicted octanol–water partition coefficient (Wildman–Crippen LogP) is 3.70. The minimum Gasteiger partial charge on any atom is -0.339 e. The number of nitrogens with zero attached hydrogens (tertiary/aromatic N) is 1. The van der Waals surface area contributed by atoms with Crippen LogP contribution in [0, 0.1) is 30.3 Å². The Bertz CT molecular complexity index is 998. The van der Waals surface area contributed by atoms with E-state index >= 15 is 0 Å². The Morgan fingerprint density at radius 3 is 2.59 bits per heavy atom. The lowest BCUT2D eigenvalue weighted by molar-refractivity contribution is 0.0975. The van der Waals surface area contributed by atoms with Crippen LogP contribution in [0.5, 0.6) is 0 Å². The van der Waals surface area contributed by atoms with Crippen molar-refractivity contribution in [3.63, 3.8) is 0 Å². The van der Waals surface area contributed by atoms with Gasteiger partial charge in [-0.1, -0.05) is 32.4 Å². The number of carbonyl (C=O) groups is 1. The number of rotatable bonds is 6. The van der Waals surface area contributed by atoms with Crippen LogP contribution >= 0.6 is 0 Å². The van der Waals surface area contributed by atoms with E-state index in [1.807, 2.05) is 19.9 Å². The van der Waals surface area contributed by atoms with E-state index in [0.29, 0.717) is 24.4 Å². The monoisotopic (exact) mass is 447 g/mol. The molecule has 32 heavy (non-hydrogen) atoms. The molecule has 0 bridgehead atoms. The second kappa shape index (κ2) is 10.6. The van der Waals surface area contributed by atoms with Gasteiger partial charge in [-0.15, -0.1) is 0 Å². The second-order valence-electron chi connectivity index (χ2n) is 8.07. The molecule has 6 nitrogen and oxygen atoms in total. The lowest BCUT2D eigenvalue weighted by Crippen LogP contribution is -2.50. The van der Waals surface area contributed by atoms with Gasteiger partial charge in [0.2, 0.25) is 0 Å². The molecule has 1 heterocycles. The van der Waals surface area contributed by atoms with Crippen molar-refractivity contribution in [2.24, 2.45) is 10.9 Å². The number of aliphatic imine (C=N–C) groups is 1. The number of aryl methyl sites for hydroxylation is 1. The molecule has 0 aromatic heterocycles. The molecule has 0 aliphatic carbocycles. The van der Waals surface area contributed by atoms with E-state index in [9.17, 15) is 18.0 Å². The fraction of sp³-hybridized carbons (Fsp3) is 0.391. The average Bonchev–Trinajstić information content (AvgIpc) is 3.24. The number of benzene rings is 2. The van der Waals surface area contributed by atoms with Gasteiger partial charge in [-0.3, -0.25) is 15.1 Å². The summed E-state index contributed by atoms with van der Waals surface area (Å²) in [7, 11) is 0. The molecule has 9 heteroatoms. The molecular weight excluding hydrogens is 419 g/mol. The van der Waals surface area contributed by atoms with Gasteiger partial charge in [0.15, 0.2) is 17.6 Å². The van der Waals surface area contributed by atoms with Crippen LogP contribution in [0.25, 0.3) is 0 Å². The second-order valence-corrected chi connectivity index (χ2v) is 8.07. The number of amides is 1. The first-order chi connectivity index (χ1) is 15.3. The highest BCUT2D eigenvalue weighted by Gasteiger charge is 2.26. The smallest absolute Gasteiger partial charge is 0.258 e. The first-order valence-corrected chi connectivity index (χ1v) is 10.6. The van der Waals surface area contributed by atoms with Crippen LogP contribution in [-0.4, -0.2) is 24.6 Å². The van der Waals surface area contributed by atoms with E-state index in [2.05, 4.69) is 26.5 Å². The van der Waals surface area contributed by atoms with Crippen molar-refractivity contribution < 1.29 is 18.0 Å². The number of carbonyl (C=O) groups excluding carboxylic acids is 1. The van der Waals surface area contributed by atoms with E-state index in [4.69, 9.17) is 0 Å². The highest BCUT2D eigenvalue weighted by molar-refractivity contribution is 6.05. The van der Waals surface area contributed by atoms with E-state index in [0.717, 1.165) is 24.1 Å². The van der Waals surface area contributed by atoms with Gasteiger partial charge >= 0.3 is 0 Å². The molecule has 1 aliphatic rings. The van der Waals surface area contributed by atoms with Crippen LogP contribution in [0.1, 0.15) is 54.2 Å². The van der Waals surface area contributed by atoms with Crippen LogP contribution in [0.2, 0.25) is 0 Å². The molecule has 1 aliphatic heterocycles. The normalized spacial score (nSPS) is 19.6. The van der Waals surface area contributed by atoms with Gasteiger partial charge in [-0.05, 0) is 48.2 Å². The Balaban J connectivity index is 1.69. The third-order valence-corrected chi connectivity index (χ3v) is 5.48. The van der Waals surface area contributed by atoms with Gasteiger partial charge in [-0.25, -0.2) is 24.0 Å². The summed E-state index contributed by atoms with van der Waals surface area (Å²) in [5, 5.41) is 5.77. The van der Waals surface area contributed by atoms with Crippen molar-refractivity contribution in [3.8, 4) is 0 Å². The number of hydrogen-bond donors (Lipinski definition) is 4. The van der Waals surface area contributed by atoms with Crippen molar-refractivity contribution >= 4 is 11.9 Å². The van der Waals surface area contributed by atoms with Crippen LogP contribution in [0.4, 0.5) is 13.2 Å². The standard InChI is InChI=1S/C23H28F3N5O/c1-4-13(2)12-27-23(29-22(32)16-7-8-17(24)19(26)10-16)28-21-11-20(30-31-21)15-6-5-14(3)18(25)9-15/h5-10,13,20-21,30-31H,4,11-12H2,1-3H3,(H2,27,28,29,32). The summed E-state index contributed by atoms with van der Waals surface area (Å²) in [5.41, 5.74) is 7.54. The number of nitrogens with one attached hydrogen (secondary N) is 4. The van der Waals surface area contributed by atoms with Crippen LogP contribution < -0.4 is 21.5 Å². The molecule has 3 atom stereocenters. The molecule has 172 valence electrons. The lowest BCUT2D eigenvalue weighted by atomic mass is 10.0. The zero-order chi connectivity index (χ0) is 23.3. The van der Waals surface area contributed by atoms with Gasteiger partial charge in [0.25, 0.3) is 5.91 Å². The Morgan fingerprint density at radius 1 is 1.12 bits per heavy atom. The first kappa shape index (κ1) is 23.7. The van der Waals surface area contributed by atoms with Crippen molar-refractivity contribution in [3.05, 3.63) is 70.5 Å². The van der Waals surface area contributed by atoms with Gasteiger partial charge in [0, 0.05) is 24.6 Å². The van der Waals surface area contributed by atoms with Crippen LogP contribution in [0.15, 0.2) is 41.4 Å². The zero-order valence-electron chi connectivity index (χ0n) is 18.3. The molecule has 4 N–H and O–H groups in total. The highest BCUT2D eigenvalue weighted by Crippen LogP contribution is 2.23. The number of guanidine groups is 1. The quantitative estimate of drug-likeness (QED) is 0.402. The topological polar surface area (TPSA) is 77.5 Å². The molecule has 1 amide bonds. The molecule has 1 fully saturated rings. The molecule has 1 saturated heterocycles. The molecule has 2 aromatic carbocycles. The summed E-state index contributed by atoms with van der Waals surface area (Å²) >= 11 is 0. The van der Waals surface area contributed by atoms with E-state index in [1.165, 1.54) is 12.1 Å². The SMILES string of the molecule is CCC(C)CN=C(NC(=O)c1ccc(F)c(F)c1)NC1CC(c2ccc(C)c(F)c2)NN1. The third kappa shape index (κ3) is 6.08. The van der Waals surface area contributed by atoms with E-state index in [1.54, 1.807) is 13.0 Å². The maximum atomic E-state index is 13.9. The Labute approximate surface area is 185 Å². The van der Waals surface area contributed by atoms with E-state index < -0.39 is 17.5 Å². The number of hydrazine groups is 1. The van der Waals surface area contributed by atoms with Gasteiger partial charge in [0.1, 0.15) is 5.82 Å². The molecule has 2 aromatic rings. The van der Waals surface area contributed by atoms with Crippen molar-refractivity contribution in [2.75, 3.05) is 6.54 Å². The molecule has 0 radical (unpaired) electrons. The van der Waals surface area contributed by atoms with Gasteiger partial charge < -0.3 is 5.32 Å². The first-order valence-electron chi connectivity index (χ1n) is 10.6. The highest BCUT2D eigenvalue weighted by atomic mass is 19.2. The Hall–Kier alpha value is -2.91. The van der Waals surface area contributed by atoms with Crippen molar-refractivity contribution in [1.82, 2.24) is 21.5 Å². The van der Waals surface area contributed by atoms with Crippen LogP contribution in [-0.2, 0) is 0 Å². The minimum absolute atomic E-state index is 0.0209. The Morgan fingerprint density at radius 2 is 1.91 bits per heavy atom. The molecular formula is C23H28F3N5O. The van der Waals surface area contributed by atoms with Gasteiger partial charge in [-0.2, -0.15) is 0 Å². The summed E-state index contributed by atoms with van der Waals surface area (Å²) in [6.07, 6.45) is 1.18. The molecule has 0 saturated carbocycles. The maximum absolute atomic E-state index is 13.9. The summed E-state index contributed by atoms with van der Waals surface area (Å²) in [5.74, 6) is -2.48. The third-order valence-electron chi connectivity index (χ3n) is 5.48. The largest absolute Gasteiger partial charge is 0.339 e. The van der Waals surface area contributed by atoms with Crippen molar-refractivity contribution in [1.29, 1.82) is 0 Å². The zero-order valence-corrected chi connectivity index (χ0v) is 18.3. The molecule has 0 spiro atoms. The summed E-state index contributed by atoms with van der Waals surface area (Å²) in [6.45, 7) is 6.26. The Kier molecular flexibility index (Phi) is 7.87. The fourth-order valence-corrected chi connectivity index (χ4v) is 3.17. The average molecular weight is 448 g/mol. The van der Waals surface area contributed by atoms with Gasteiger partial charge in [0.05, 0.1) is 6.17 Å². The lowest BCUT2D eigenvalue weighted by Gasteiger charge is -2.17. The summed E-state index contributed by atoms with van der Waals surface area (Å²) < 4.78 is 40.6. The predicted molar refractivity (Wildman–Crippen MR) is 117 cm³/mol. The summed E-state index contributed by atoms with van der Waals surface area (Å²) in [6, 6.07) is 7.91. The number of halogens is 3. The minimum atomic E-state index is -1.10. The fourth-order valence-electron chi connectivity index (χ4n) is 3.17. The van der Waals surface area contributed by atoms with E-state index in [-0.39, 0.29) is 29.5 Å². The maximum Gasteiger partial charge on any atom is 0.258 e. The molecule has 3 unspecified atom stereocenters. The number of hydrogen-bond acceptors (Lipinski definition) is 4. The van der Waals surface area contributed by atoms with Crippen LogP contribution in [0.3, 0.4) is 0 Å². The summed E-state index contributed by atoms with van der Waals surface area (Å²) in [4.78, 5) is 17.0.